The summed E-state index contributed by atoms with van der Waals surface area (Å²) in [6.07, 6.45) is 5.97. The number of carbonyl (C=O) groups is 1. The van der Waals surface area contributed by atoms with Crippen molar-refractivity contribution in [2.75, 3.05) is 13.7 Å². The van der Waals surface area contributed by atoms with Crippen molar-refractivity contribution in [1.29, 1.82) is 0 Å². The third kappa shape index (κ3) is 4.83. The topological polar surface area (TPSA) is 47.6 Å². The van der Waals surface area contributed by atoms with Gasteiger partial charge >= 0.3 is 5.97 Å². The molecule has 33 heavy (non-hydrogen) atoms. The van der Waals surface area contributed by atoms with Gasteiger partial charge in [0.15, 0.2) is 0 Å². The summed E-state index contributed by atoms with van der Waals surface area (Å²) in [7, 11) is 1.47. The minimum absolute atomic E-state index is 0.0549. The van der Waals surface area contributed by atoms with Crippen LogP contribution in [-0.4, -0.2) is 30.8 Å². The molecule has 0 atom stereocenters. The largest absolute Gasteiger partial charge is 0.467 e. The molecule has 176 valence electrons. The molecule has 1 aliphatic heterocycles. The Morgan fingerprint density at radius 2 is 1.79 bits per heavy atom. The lowest BCUT2D eigenvalue weighted by atomic mass is 9.72. The van der Waals surface area contributed by atoms with Crippen LogP contribution >= 0.6 is 11.6 Å². The number of rotatable bonds is 6. The van der Waals surface area contributed by atoms with Crippen molar-refractivity contribution < 1.29 is 14.3 Å². The second-order valence-corrected chi connectivity index (χ2v) is 10.1. The molecule has 1 saturated carbocycles. The SMILES string of the molecule is C=C(Cc1c(C)ccc(-c2ccc(Cl)cc2)c1C)NC1(C(=O)OC)CCC2(CCCO2)CC1. The summed E-state index contributed by atoms with van der Waals surface area (Å²) in [5, 5.41) is 4.25. The van der Waals surface area contributed by atoms with Crippen LogP contribution in [0.15, 0.2) is 48.7 Å². The number of benzene rings is 2. The molecule has 1 spiro atoms. The first-order valence-electron chi connectivity index (χ1n) is 11.8. The van der Waals surface area contributed by atoms with E-state index in [0.29, 0.717) is 19.3 Å². The van der Waals surface area contributed by atoms with Gasteiger partial charge in [0, 0.05) is 23.7 Å². The van der Waals surface area contributed by atoms with Gasteiger partial charge in [0.25, 0.3) is 0 Å². The lowest BCUT2D eigenvalue weighted by Crippen LogP contribution is -2.57. The number of allylic oxidation sites excluding steroid dienone is 1. The van der Waals surface area contributed by atoms with E-state index in [2.05, 4.69) is 37.9 Å². The number of ether oxygens (including phenoxy) is 2. The average molecular weight is 468 g/mol. The van der Waals surface area contributed by atoms with Gasteiger partial charge in [-0.05, 0) is 92.3 Å². The zero-order valence-electron chi connectivity index (χ0n) is 19.9. The van der Waals surface area contributed by atoms with Gasteiger partial charge in [-0.25, -0.2) is 4.79 Å². The highest BCUT2D eigenvalue weighted by atomic mass is 35.5. The van der Waals surface area contributed by atoms with Crippen LogP contribution in [0.4, 0.5) is 0 Å². The Hall–Kier alpha value is -2.30. The summed E-state index contributed by atoms with van der Waals surface area (Å²) >= 11 is 6.08. The highest BCUT2D eigenvalue weighted by molar-refractivity contribution is 6.30. The Balaban J connectivity index is 1.54. The second kappa shape index (κ2) is 9.52. The molecule has 1 N–H and O–H groups in total. The van der Waals surface area contributed by atoms with E-state index in [1.807, 2.05) is 24.3 Å². The fourth-order valence-electron chi connectivity index (χ4n) is 5.56. The fraction of sp³-hybridized carbons (Fsp3) is 0.464. The maximum absolute atomic E-state index is 12.9. The molecule has 0 bridgehead atoms. The Kier molecular flexibility index (Phi) is 6.88. The molecular formula is C28H34ClNO3. The molecular weight excluding hydrogens is 434 g/mol. The summed E-state index contributed by atoms with van der Waals surface area (Å²) in [5.41, 5.74) is 6.02. The van der Waals surface area contributed by atoms with Crippen molar-refractivity contribution in [2.24, 2.45) is 0 Å². The average Bonchev–Trinajstić information content (AvgIpc) is 3.27. The highest BCUT2D eigenvalue weighted by Gasteiger charge is 2.49. The minimum atomic E-state index is -0.737. The van der Waals surface area contributed by atoms with Crippen LogP contribution in [0.1, 0.15) is 55.2 Å². The number of methoxy groups -OCH3 is 1. The van der Waals surface area contributed by atoms with E-state index >= 15 is 0 Å². The smallest absolute Gasteiger partial charge is 0.331 e. The van der Waals surface area contributed by atoms with Crippen LogP contribution in [-0.2, 0) is 20.7 Å². The van der Waals surface area contributed by atoms with Gasteiger partial charge in [0.05, 0.1) is 12.7 Å². The number of esters is 1. The lowest BCUT2D eigenvalue weighted by Gasteiger charge is -2.43. The normalized spacial score (nSPS) is 24.6. The number of hydrogen-bond acceptors (Lipinski definition) is 4. The third-order valence-corrected chi connectivity index (χ3v) is 7.82. The summed E-state index contributed by atoms with van der Waals surface area (Å²) in [6.45, 7) is 9.43. The monoisotopic (exact) mass is 467 g/mol. The van der Waals surface area contributed by atoms with E-state index in [1.54, 1.807) is 0 Å². The Bertz CT molecular complexity index is 1030. The van der Waals surface area contributed by atoms with E-state index in [1.165, 1.54) is 29.4 Å². The molecule has 2 aliphatic rings. The number of halogens is 1. The van der Waals surface area contributed by atoms with Crippen LogP contribution < -0.4 is 5.32 Å². The molecule has 0 amide bonds. The number of aryl methyl sites for hydroxylation is 1. The first-order valence-corrected chi connectivity index (χ1v) is 12.2. The third-order valence-electron chi connectivity index (χ3n) is 7.57. The Morgan fingerprint density at radius 1 is 1.09 bits per heavy atom. The van der Waals surface area contributed by atoms with E-state index in [-0.39, 0.29) is 11.6 Å². The molecule has 4 nitrogen and oxygen atoms in total. The summed E-state index contributed by atoms with van der Waals surface area (Å²) in [4.78, 5) is 12.9. The minimum Gasteiger partial charge on any atom is -0.467 e. The standard InChI is InChI=1S/C28H34ClNO3/c1-19-6-11-24(22-7-9-23(29)10-8-22)21(3)25(19)18-20(2)30-28(26(31)32-4)15-13-27(14-16-28)12-5-17-33-27/h6-11,30H,2,5,12-18H2,1,3-4H3. The Morgan fingerprint density at radius 3 is 2.39 bits per heavy atom. The van der Waals surface area contributed by atoms with Gasteiger partial charge in [-0.15, -0.1) is 0 Å². The van der Waals surface area contributed by atoms with Crippen molar-refractivity contribution >= 4 is 17.6 Å². The molecule has 5 heteroatoms. The first-order chi connectivity index (χ1) is 15.8. The molecule has 4 rings (SSSR count). The predicted molar refractivity (Wildman–Crippen MR) is 133 cm³/mol. The van der Waals surface area contributed by atoms with Crippen molar-refractivity contribution in [3.05, 3.63) is 70.4 Å². The van der Waals surface area contributed by atoms with Crippen LogP contribution in [0, 0.1) is 13.8 Å². The molecule has 2 aromatic rings. The first kappa shape index (κ1) is 23.8. The van der Waals surface area contributed by atoms with Gasteiger partial charge in [-0.1, -0.05) is 42.4 Å². The summed E-state index contributed by atoms with van der Waals surface area (Å²) in [5.74, 6) is -0.208. The highest BCUT2D eigenvalue weighted by Crippen LogP contribution is 2.44. The van der Waals surface area contributed by atoms with Gasteiger partial charge in [-0.2, -0.15) is 0 Å². The molecule has 2 fully saturated rings. The van der Waals surface area contributed by atoms with E-state index < -0.39 is 5.54 Å². The van der Waals surface area contributed by atoms with Crippen LogP contribution in [0.2, 0.25) is 5.02 Å². The van der Waals surface area contributed by atoms with Gasteiger partial charge in [-0.3, -0.25) is 0 Å². The maximum Gasteiger partial charge on any atom is 0.331 e. The summed E-state index contributed by atoms with van der Waals surface area (Å²) < 4.78 is 11.3. The van der Waals surface area contributed by atoms with Gasteiger partial charge in [0.1, 0.15) is 5.54 Å². The second-order valence-electron chi connectivity index (χ2n) is 9.65. The quantitative estimate of drug-likeness (QED) is 0.506. The van der Waals surface area contributed by atoms with Gasteiger partial charge < -0.3 is 14.8 Å². The van der Waals surface area contributed by atoms with Gasteiger partial charge in [0.2, 0.25) is 0 Å². The summed E-state index contributed by atoms with van der Waals surface area (Å²) in [6, 6.07) is 12.2. The van der Waals surface area contributed by atoms with Crippen LogP contribution in [0.5, 0.6) is 0 Å². The van der Waals surface area contributed by atoms with Crippen LogP contribution in [0.25, 0.3) is 11.1 Å². The van der Waals surface area contributed by atoms with E-state index in [4.69, 9.17) is 21.1 Å². The predicted octanol–water partition coefficient (Wildman–Crippen LogP) is 6.30. The number of carbonyl (C=O) groups excluding carboxylic acids is 1. The molecule has 1 saturated heterocycles. The molecule has 1 aliphatic carbocycles. The van der Waals surface area contributed by atoms with Crippen molar-refractivity contribution in [1.82, 2.24) is 5.32 Å². The number of hydrogen-bond donors (Lipinski definition) is 1. The molecule has 0 aromatic heterocycles. The lowest BCUT2D eigenvalue weighted by molar-refractivity contribution is -0.152. The fourth-order valence-corrected chi connectivity index (χ4v) is 5.69. The Labute approximate surface area is 202 Å². The maximum atomic E-state index is 12.9. The number of nitrogens with one attached hydrogen (secondary N) is 1. The van der Waals surface area contributed by atoms with Crippen molar-refractivity contribution in [3.63, 3.8) is 0 Å². The van der Waals surface area contributed by atoms with Crippen molar-refractivity contribution in [3.8, 4) is 11.1 Å². The van der Waals surface area contributed by atoms with Crippen LogP contribution in [0.3, 0.4) is 0 Å². The zero-order chi connectivity index (χ0) is 23.6. The molecule has 0 unspecified atom stereocenters. The zero-order valence-corrected chi connectivity index (χ0v) is 20.7. The molecule has 0 radical (unpaired) electrons. The van der Waals surface area contributed by atoms with E-state index in [9.17, 15) is 4.79 Å². The molecule has 2 aromatic carbocycles. The van der Waals surface area contributed by atoms with Crippen molar-refractivity contribution in [2.45, 2.75) is 69.9 Å². The van der Waals surface area contributed by atoms with E-state index in [0.717, 1.165) is 48.6 Å². The molecule has 1 heterocycles.